The Morgan fingerprint density at radius 3 is 2.76 bits per heavy atom. The summed E-state index contributed by atoms with van der Waals surface area (Å²) in [6.45, 7) is 3.21. The van der Waals surface area contributed by atoms with Crippen molar-refractivity contribution in [2.24, 2.45) is 0 Å². The van der Waals surface area contributed by atoms with Crippen LogP contribution in [0.1, 0.15) is 5.69 Å². The Hall–Kier alpha value is -1.60. The Kier molecular flexibility index (Phi) is 2.49. The molecule has 92 valence electrons. The lowest BCUT2D eigenvalue weighted by Crippen LogP contribution is -2.34. The first-order valence-electron chi connectivity index (χ1n) is 5.45. The van der Waals surface area contributed by atoms with Gasteiger partial charge in [0.2, 0.25) is 5.88 Å². The van der Waals surface area contributed by atoms with Crippen molar-refractivity contribution in [1.29, 1.82) is 0 Å². The van der Waals surface area contributed by atoms with Gasteiger partial charge in [-0.05, 0) is 6.92 Å². The minimum absolute atomic E-state index is 0.00258. The Bertz CT molecular complexity index is 421. The molecular weight excluding hydrogens is 226 g/mol. The molecule has 7 nitrogen and oxygen atoms in total. The van der Waals surface area contributed by atoms with Crippen LogP contribution in [0.25, 0.3) is 0 Å². The van der Waals surface area contributed by atoms with E-state index in [1.807, 2.05) is 0 Å². The smallest absolute Gasteiger partial charge is 0.324 e. The van der Waals surface area contributed by atoms with Gasteiger partial charge in [0.15, 0.2) is 0 Å². The van der Waals surface area contributed by atoms with E-state index in [4.69, 9.17) is 14.0 Å². The van der Waals surface area contributed by atoms with E-state index in [-0.39, 0.29) is 18.2 Å². The number of aryl methyl sites for hydroxylation is 1. The number of fused-ring (bicyclic) bond motifs is 1. The first kappa shape index (κ1) is 10.5. The highest BCUT2D eigenvalue weighted by Gasteiger charge is 2.40. The summed E-state index contributed by atoms with van der Waals surface area (Å²) in [7, 11) is 0. The number of amides is 2. The van der Waals surface area contributed by atoms with Crippen LogP contribution in [-0.4, -0.2) is 48.2 Å². The summed E-state index contributed by atoms with van der Waals surface area (Å²) >= 11 is 0. The molecule has 0 spiro atoms. The van der Waals surface area contributed by atoms with Crippen LogP contribution in [0.15, 0.2) is 10.6 Å². The van der Waals surface area contributed by atoms with Crippen molar-refractivity contribution in [2.45, 2.75) is 19.1 Å². The minimum atomic E-state index is -0.220. The highest BCUT2D eigenvalue weighted by atomic mass is 16.7. The second-order valence-corrected chi connectivity index (χ2v) is 4.20. The van der Waals surface area contributed by atoms with Crippen LogP contribution in [0.4, 0.5) is 10.7 Å². The van der Waals surface area contributed by atoms with Gasteiger partial charge >= 0.3 is 6.03 Å². The largest absolute Gasteiger partial charge is 0.348 e. The number of aromatic nitrogens is 1. The van der Waals surface area contributed by atoms with Gasteiger partial charge in [-0.15, -0.1) is 0 Å². The average Bonchev–Trinajstić information content (AvgIpc) is 2.92. The predicted octanol–water partition coefficient (Wildman–Crippen LogP) is 0.572. The number of urea groups is 1. The van der Waals surface area contributed by atoms with E-state index in [1.54, 1.807) is 17.9 Å². The van der Waals surface area contributed by atoms with Gasteiger partial charge in [0, 0.05) is 6.07 Å². The summed E-state index contributed by atoms with van der Waals surface area (Å²) in [5, 5.41) is 6.34. The van der Waals surface area contributed by atoms with Crippen molar-refractivity contribution in [3.8, 4) is 0 Å². The Balaban J connectivity index is 1.60. The quantitative estimate of drug-likeness (QED) is 0.775. The normalized spacial score (nSPS) is 27.2. The molecule has 2 fully saturated rings. The maximum atomic E-state index is 11.9. The Morgan fingerprint density at radius 2 is 2.18 bits per heavy atom. The molecule has 2 saturated heterocycles. The summed E-state index contributed by atoms with van der Waals surface area (Å²) in [5.41, 5.74) is 0.727. The van der Waals surface area contributed by atoms with Gasteiger partial charge in [0.05, 0.1) is 18.8 Å². The molecule has 2 aliphatic rings. The van der Waals surface area contributed by atoms with Crippen molar-refractivity contribution in [3.63, 3.8) is 0 Å². The number of nitrogens with one attached hydrogen (secondary N) is 1. The number of carbonyl (C=O) groups excluding carboxylic acids is 1. The van der Waals surface area contributed by atoms with Gasteiger partial charge < -0.3 is 18.9 Å². The van der Waals surface area contributed by atoms with E-state index in [0.29, 0.717) is 25.8 Å². The number of ether oxygens (including phenoxy) is 2. The molecule has 0 bridgehead atoms. The van der Waals surface area contributed by atoms with Gasteiger partial charge in [0.1, 0.15) is 19.0 Å². The fourth-order valence-electron chi connectivity index (χ4n) is 2.05. The van der Waals surface area contributed by atoms with Gasteiger partial charge in [-0.2, -0.15) is 0 Å². The molecule has 1 aromatic rings. The van der Waals surface area contributed by atoms with E-state index in [0.717, 1.165) is 5.69 Å². The monoisotopic (exact) mass is 239 g/mol. The third kappa shape index (κ3) is 1.98. The molecule has 2 atom stereocenters. The summed E-state index contributed by atoms with van der Waals surface area (Å²) in [5.74, 6) is 0.353. The molecule has 0 unspecified atom stereocenters. The number of hydrogen-bond acceptors (Lipinski definition) is 5. The second kappa shape index (κ2) is 4.01. The molecule has 0 aromatic carbocycles. The van der Waals surface area contributed by atoms with Crippen LogP contribution < -0.4 is 5.32 Å². The maximum Gasteiger partial charge on any atom is 0.324 e. The summed E-state index contributed by atoms with van der Waals surface area (Å²) < 4.78 is 15.6. The van der Waals surface area contributed by atoms with Crippen molar-refractivity contribution in [2.75, 3.05) is 25.2 Å². The minimum Gasteiger partial charge on any atom is -0.348 e. The number of nitrogens with zero attached hydrogens (tertiary/aromatic N) is 2. The van der Waals surface area contributed by atoms with Gasteiger partial charge in [-0.1, -0.05) is 5.16 Å². The van der Waals surface area contributed by atoms with E-state index in [1.165, 1.54) is 0 Å². The van der Waals surface area contributed by atoms with Crippen molar-refractivity contribution in [1.82, 2.24) is 10.1 Å². The zero-order valence-electron chi connectivity index (χ0n) is 9.38. The lowest BCUT2D eigenvalue weighted by atomic mass is 10.3. The van der Waals surface area contributed by atoms with Crippen LogP contribution in [-0.2, 0) is 9.47 Å². The van der Waals surface area contributed by atoms with Crippen molar-refractivity contribution in [3.05, 3.63) is 11.8 Å². The van der Waals surface area contributed by atoms with Crippen molar-refractivity contribution < 1.29 is 18.8 Å². The topological polar surface area (TPSA) is 76.8 Å². The van der Waals surface area contributed by atoms with E-state index in [2.05, 4.69) is 10.5 Å². The number of rotatable bonds is 1. The van der Waals surface area contributed by atoms with Crippen LogP contribution in [0.2, 0.25) is 0 Å². The first-order valence-corrected chi connectivity index (χ1v) is 5.45. The molecule has 17 heavy (non-hydrogen) atoms. The average molecular weight is 239 g/mol. The highest BCUT2D eigenvalue weighted by Crippen LogP contribution is 2.22. The Morgan fingerprint density at radius 1 is 1.47 bits per heavy atom. The highest BCUT2D eigenvalue weighted by molar-refractivity contribution is 5.88. The number of anilines is 1. The number of likely N-dealkylation sites (tertiary alicyclic amines) is 1. The molecule has 0 aliphatic carbocycles. The molecule has 7 heteroatoms. The standard InChI is InChI=1S/C10H13N3O4/c1-6-2-9(17-12-6)11-10(14)13-3-7-8(4-13)16-5-15-7/h2,7-8H,3-5H2,1H3,(H,11,14)/t7-,8+. The third-order valence-electron chi connectivity index (χ3n) is 2.92. The van der Waals surface area contributed by atoms with Crippen LogP contribution in [0.3, 0.4) is 0 Å². The van der Waals surface area contributed by atoms with E-state index in [9.17, 15) is 4.79 Å². The molecule has 0 saturated carbocycles. The third-order valence-corrected chi connectivity index (χ3v) is 2.92. The lowest BCUT2D eigenvalue weighted by molar-refractivity contribution is 0.0208. The van der Waals surface area contributed by atoms with Gasteiger partial charge in [-0.3, -0.25) is 5.32 Å². The fraction of sp³-hybridized carbons (Fsp3) is 0.600. The molecule has 3 heterocycles. The number of carbonyl (C=O) groups is 1. The van der Waals surface area contributed by atoms with Crippen molar-refractivity contribution >= 4 is 11.9 Å². The maximum absolute atomic E-state index is 11.9. The SMILES string of the molecule is Cc1cc(NC(=O)N2C[C@@H]3OCO[C@@H]3C2)on1. The molecule has 3 rings (SSSR count). The zero-order valence-corrected chi connectivity index (χ0v) is 9.38. The molecule has 1 N–H and O–H groups in total. The molecule has 0 radical (unpaired) electrons. The predicted molar refractivity (Wildman–Crippen MR) is 56.4 cm³/mol. The zero-order chi connectivity index (χ0) is 11.8. The summed E-state index contributed by atoms with van der Waals surface area (Å²) in [6, 6.07) is 1.45. The molecular formula is C10H13N3O4. The van der Waals surface area contributed by atoms with Crippen LogP contribution in [0, 0.1) is 6.92 Å². The summed E-state index contributed by atoms with van der Waals surface area (Å²) in [4.78, 5) is 13.5. The lowest BCUT2D eigenvalue weighted by Gasteiger charge is -2.16. The molecule has 2 aliphatic heterocycles. The van der Waals surface area contributed by atoms with Gasteiger partial charge in [-0.25, -0.2) is 4.79 Å². The summed E-state index contributed by atoms with van der Waals surface area (Å²) in [6.07, 6.45) is -0.00516. The Labute approximate surface area is 97.6 Å². The van der Waals surface area contributed by atoms with E-state index < -0.39 is 0 Å². The fourth-order valence-corrected chi connectivity index (χ4v) is 2.05. The molecule has 1 aromatic heterocycles. The van der Waals surface area contributed by atoms with Crippen LogP contribution in [0.5, 0.6) is 0 Å². The first-order chi connectivity index (χ1) is 8.22. The second-order valence-electron chi connectivity index (χ2n) is 4.20. The van der Waals surface area contributed by atoms with Crippen LogP contribution >= 0.6 is 0 Å². The number of hydrogen-bond donors (Lipinski definition) is 1. The molecule has 2 amide bonds. The van der Waals surface area contributed by atoms with E-state index >= 15 is 0 Å². The van der Waals surface area contributed by atoms with Gasteiger partial charge in [0.25, 0.3) is 0 Å².